The number of rotatable bonds is 5. The zero-order valence-corrected chi connectivity index (χ0v) is 11.4. The van der Waals surface area contributed by atoms with E-state index in [0.29, 0.717) is 18.7 Å². The Kier molecular flexibility index (Phi) is 4.17. The van der Waals surface area contributed by atoms with E-state index in [4.69, 9.17) is 4.42 Å². The van der Waals surface area contributed by atoms with Gasteiger partial charge in [-0.1, -0.05) is 18.7 Å². The fraction of sp³-hybridized carbons (Fsp3) is 0.636. The molecule has 1 aromatic heterocycles. The van der Waals surface area contributed by atoms with Gasteiger partial charge in [-0.25, -0.2) is 8.42 Å². The number of hydrogen-bond acceptors (Lipinski definition) is 5. The van der Waals surface area contributed by atoms with Crippen LogP contribution in [-0.2, 0) is 16.4 Å². The summed E-state index contributed by atoms with van der Waals surface area (Å²) in [4.78, 5) is 0. The van der Waals surface area contributed by atoms with Crippen LogP contribution in [0.3, 0.4) is 0 Å². The molecule has 1 N–H and O–H groups in total. The van der Waals surface area contributed by atoms with Crippen molar-refractivity contribution in [3.05, 3.63) is 17.9 Å². The van der Waals surface area contributed by atoms with Crippen molar-refractivity contribution in [3.63, 3.8) is 0 Å². The normalized spacial score (nSPS) is 23.0. The second-order valence-electron chi connectivity index (χ2n) is 4.13. The fourth-order valence-electron chi connectivity index (χ4n) is 1.87. The lowest BCUT2D eigenvalue weighted by Crippen LogP contribution is -2.29. The van der Waals surface area contributed by atoms with Gasteiger partial charge in [0.1, 0.15) is 5.76 Å². The molecule has 1 aliphatic rings. The van der Waals surface area contributed by atoms with Gasteiger partial charge in [0.25, 0.3) is 0 Å². The van der Waals surface area contributed by atoms with Crippen LogP contribution in [0.25, 0.3) is 0 Å². The van der Waals surface area contributed by atoms with Gasteiger partial charge >= 0.3 is 0 Å². The van der Waals surface area contributed by atoms with E-state index in [1.807, 2.05) is 12.1 Å². The third-order valence-corrected chi connectivity index (χ3v) is 5.28. The molecule has 6 heteroatoms. The maximum absolute atomic E-state index is 11.3. The molecule has 1 aromatic rings. The molecule has 1 atom stereocenters. The average Bonchev–Trinajstić information content (AvgIpc) is 2.83. The number of hydrogen-bond donors (Lipinski definition) is 1. The third-order valence-electron chi connectivity index (χ3n) is 2.72. The van der Waals surface area contributed by atoms with Crippen molar-refractivity contribution in [2.45, 2.75) is 31.0 Å². The molecular formula is C11H17NO3S2. The van der Waals surface area contributed by atoms with E-state index in [9.17, 15) is 8.42 Å². The van der Waals surface area contributed by atoms with Crippen molar-refractivity contribution in [2.75, 3.05) is 17.3 Å². The van der Waals surface area contributed by atoms with Crippen LogP contribution < -0.4 is 5.32 Å². The van der Waals surface area contributed by atoms with Gasteiger partial charge < -0.3 is 9.73 Å². The molecule has 0 aromatic carbocycles. The van der Waals surface area contributed by atoms with Crippen LogP contribution in [0.4, 0.5) is 0 Å². The summed E-state index contributed by atoms with van der Waals surface area (Å²) in [5.41, 5.74) is 0. The first-order valence-corrected chi connectivity index (χ1v) is 8.55. The molecule has 1 unspecified atom stereocenters. The summed E-state index contributed by atoms with van der Waals surface area (Å²) in [5, 5.41) is 4.15. The Labute approximate surface area is 106 Å². The Bertz CT molecular complexity index is 467. The van der Waals surface area contributed by atoms with Crippen LogP contribution in [0.15, 0.2) is 21.6 Å². The minimum atomic E-state index is -2.80. The first-order valence-electron chi connectivity index (χ1n) is 5.74. The van der Waals surface area contributed by atoms with Gasteiger partial charge in [-0.3, -0.25) is 0 Å². The molecule has 0 spiro atoms. The van der Waals surface area contributed by atoms with Crippen LogP contribution in [-0.4, -0.2) is 31.7 Å². The molecule has 0 radical (unpaired) electrons. The van der Waals surface area contributed by atoms with Crippen LogP contribution >= 0.6 is 11.8 Å². The maximum Gasteiger partial charge on any atom is 0.160 e. The Hall–Kier alpha value is -0.460. The van der Waals surface area contributed by atoms with Crippen molar-refractivity contribution < 1.29 is 12.8 Å². The monoisotopic (exact) mass is 275 g/mol. The molecule has 96 valence electrons. The lowest BCUT2D eigenvalue weighted by Gasteiger charge is -2.08. The zero-order valence-electron chi connectivity index (χ0n) is 9.81. The van der Waals surface area contributed by atoms with Gasteiger partial charge in [-0.05, 0) is 24.3 Å². The van der Waals surface area contributed by atoms with Crippen LogP contribution in [0.2, 0.25) is 0 Å². The number of thioether (sulfide) groups is 1. The highest BCUT2D eigenvalue weighted by molar-refractivity contribution is 7.99. The summed E-state index contributed by atoms with van der Waals surface area (Å²) in [6.07, 6.45) is 0.708. The quantitative estimate of drug-likeness (QED) is 0.828. The number of nitrogens with one attached hydrogen (secondary N) is 1. The third kappa shape index (κ3) is 3.76. The molecule has 0 amide bonds. The minimum Gasteiger partial charge on any atom is -0.454 e. The highest BCUT2D eigenvalue weighted by Crippen LogP contribution is 2.20. The Balaban J connectivity index is 1.82. The van der Waals surface area contributed by atoms with Crippen molar-refractivity contribution in [1.29, 1.82) is 0 Å². The smallest absolute Gasteiger partial charge is 0.160 e. The molecule has 1 aliphatic heterocycles. The molecule has 0 bridgehead atoms. The predicted molar refractivity (Wildman–Crippen MR) is 69.0 cm³/mol. The standard InChI is InChI=1S/C11H17NO3S2/c1-2-16-11-4-3-10(15-11)7-12-9-5-6-17(13,14)8-9/h3-4,9,12H,2,5-8H2,1H3. The first kappa shape index (κ1) is 13.0. The van der Waals surface area contributed by atoms with Crippen molar-refractivity contribution in [2.24, 2.45) is 0 Å². The second kappa shape index (κ2) is 5.46. The van der Waals surface area contributed by atoms with E-state index in [1.54, 1.807) is 11.8 Å². The van der Waals surface area contributed by atoms with Crippen LogP contribution in [0.5, 0.6) is 0 Å². The van der Waals surface area contributed by atoms with Gasteiger partial charge in [0.15, 0.2) is 14.9 Å². The maximum atomic E-state index is 11.3. The fourth-order valence-corrected chi connectivity index (χ4v) is 4.20. The van der Waals surface area contributed by atoms with Crippen molar-refractivity contribution >= 4 is 21.6 Å². The summed E-state index contributed by atoms with van der Waals surface area (Å²) in [6, 6.07) is 3.97. The molecule has 0 saturated carbocycles. The van der Waals surface area contributed by atoms with Gasteiger partial charge in [0.05, 0.1) is 18.1 Å². The van der Waals surface area contributed by atoms with E-state index >= 15 is 0 Å². The minimum absolute atomic E-state index is 0.0763. The van der Waals surface area contributed by atoms with Crippen molar-refractivity contribution in [1.82, 2.24) is 5.32 Å². The Morgan fingerprint density at radius 1 is 1.53 bits per heavy atom. The van der Waals surface area contributed by atoms with Gasteiger partial charge in [0, 0.05) is 6.04 Å². The highest BCUT2D eigenvalue weighted by atomic mass is 32.2. The zero-order chi connectivity index (χ0) is 12.3. The van der Waals surface area contributed by atoms with E-state index < -0.39 is 9.84 Å². The Morgan fingerprint density at radius 3 is 3.00 bits per heavy atom. The first-order chi connectivity index (χ1) is 8.09. The molecule has 2 heterocycles. The van der Waals surface area contributed by atoms with E-state index in [2.05, 4.69) is 12.2 Å². The summed E-state index contributed by atoms with van der Waals surface area (Å²) in [6.45, 7) is 2.68. The lowest BCUT2D eigenvalue weighted by molar-refractivity contribution is 0.405. The highest BCUT2D eigenvalue weighted by Gasteiger charge is 2.27. The molecule has 1 saturated heterocycles. The number of sulfone groups is 1. The molecule has 4 nitrogen and oxygen atoms in total. The molecular weight excluding hydrogens is 258 g/mol. The summed E-state index contributed by atoms with van der Waals surface area (Å²) >= 11 is 1.66. The van der Waals surface area contributed by atoms with E-state index in [0.717, 1.165) is 16.6 Å². The average molecular weight is 275 g/mol. The van der Waals surface area contributed by atoms with Crippen LogP contribution in [0, 0.1) is 0 Å². The van der Waals surface area contributed by atoms with Crippen LogP contribution in [0.1, 0.15) is 19.1 Å². The molecule has 1 fully saturated rings. The largest absolute Gasteiger partial charge is 0.454 e. The van der Waals surface area contributed by atoms with Gasteiger partial charge in [-0.15, -0.1) is 0 Å². The molecule has 17 heavy (non-hydrogen) atoms. The SMILES string of the molecule is CCSc1ccc(CNC2CCS(=O)(=O)C2)o1. The van der Waals surface area contributed by atoms with Gasteiger partial charge in [0.2, 0.25) is 0 Å². The molecule has 0 aliphatic carbocycles. The van der Waals surface area contributed by atoms with E-state index in [-0.39, 0.29) is 11.8 Å². The summed E-state index contributed by atoms with van der Waals surface area (Å²) in [5.74, 6) is 2.41. The van der Waals surface area contributed by atoms with Crippen molar-refractivity contribution in [3.8, 4) is 0 Å². The lowest BCUT2D eigenvalue weighted by atomic mass is 10.2. The van der Waals surface area contributed by atoms with Gasteiger partial charge in [-0.2, -0.15) is 0 Å². The topological polar surface area (TPSA) is 59.3 Å². The van der Waals surface area contributed by atoms with E-state index in [1.165, 1.54) is 0 Å². The Morgan fingerprint density at radius 2 is 2.35 bits per heavy atom. The predicted octanol–water partition coefficient (Wildman–Crippen LogP) is 1.67. The summed E-state index contributed by atoms with van der Waals surface area (Å²) < 4.78 is 28.1. The second-order valence-corrected chi connectivity index (χ2v) is 7.63. The number of furan rings is 1. The molecule has 2 rings (SSSR count). The summed E-state index contributed by atoms with van der Waals surface area (Å²) in [7, 11) is -2.80.